The van der Waals surface area contributed by atoms with Crippen molar-refractivity contribution in [1.82, 2.24) is 0 Å². The summed E-state index contributed by atoms with van der Waals surface area (Å²) in [6.45, 7) is 5.45. The molecule has 0 heterocycles. The van der Waals surface area contributed by atoms with Gasteiger partial charge >= 0.3 is 17.9 Å². The van der Waals surface area contributed by atoms with Crippen molar-refractivity contribution in [2.45, 2.75) is 33.1 Å². The molecule has 0 aromatic heterocycles. The highest BCUT2D eigenvalue weighted by molar-refractivity contribution is 9.10. The molecule has 0 spiro atoms. The van der Waals surface area contributed by atoms with Crippen molar-refractivity contribution >= 4 is 33.8 Å². The van der Waals surface area contributed by atoms with Gasteiger partial charge in [-0.15, -0.1) is 0 Å². The van der Waals surface area contributed by atoms with Crippen LogP contribution in [0.5, 0.6) is 0 Å². The van der Waals surface area contributed by atoms with Crippen LogP contribution in [0.1, 0.15) is 38.7 Å². The maximum Gasteiger partial charge on any atom is 0.320 e. The largest absolute Gasteiger partial charge is 0.466 e. The fraction of sp³-hybridized carbons (Fsp3) is 0.500. The smallest absolute Gasteiger partial charge is 0.320 e. The Hall–Kier alpha value is -1.89. The van der Waals surface area contributed by atoms with E-state index in [1.807, 2.05) is 0 Å². The highest BCUT2D eigenvalue weighted by atomic mass is 79.9. The van der Waals surface area contributed by atoms with Gasteiger partial charge in [-0.2, -0.15) is 0 Å². The first-order valence-corrected chi connectivity index (χ1v) is 8.98. The van der Waals surface area contributed by atoms with E-state index in [4.69, 9.17) is 14.2 Å². The number of ether oxygens (including phenoxy) is 3. The van der Waals surface area contributed by atoms with Gasteiger partial charge in [0.1, 0.15) is 0 Å². The van der Waals surface area contributed by atoms with Gasteiger partial charge in [-0.25, -0.2) is 0 Å². The summed E-state index contributed by atoms with van der Waals surface area (Å²) in [6, 6.07) is 7.10. The summed E-state index contributed by atoms with van der Waals surface area (Å²) < 4.78 is 15.8. The molecule has 1 rings (SSSR count). The van der Waals surface area contributed by atoms with E-state index in [1.165, 1.54) is 0 Å². The van der Waals surface area contributed by atoms with Crippen molar-refractivity contribution in [2.24, 2.45) is 5.92 Å². The fourth-order valence-electron chi connectivity index (χ4n) is 2.47. The average molecular weight is 415 g/mol. The highest BCUT2D eigenvalue weighted by Gasteiger charge is 2.40. The normalized spacial score (nSPS) is 11.7. The molecule has 0 saturated carbocycles. The summed E-state index contributed by atoms with van der Waals surface area (Å²) in [4.78, 5) is 36.9. The number of benzene rings is 1. The van der Waals surface area contributed by atoms with Crippen molar-refractivity contribution in [1.29, 1.82) is 0 Å². The summed E-state index contributed by atoms with van der Waals surface area (Å²) in [7, 11) is 0. The monoisotopic (exact) mass is 414 g/mol. The minimum Gasteiger partial charge on any atom is -0.466 e. The quantitative estimate of drug-likeness (QED) is 0.350. The van der Waals surface area contributed by atoms with Crippen molar-refractivity contribution in [3.63, 3.8) is 0 Å². The van der Waals surface area contributed by atoms with Crippen molar-refractivity contribution in [3.8, 4) is 0 Å². The molecule has 0 radical (unpaired) electrons. The first-order chi connectivity index (χ1) is 12.0. The molecule has 25 heavy (non-hydrogen) atoms. The van der Waals surface area contributed by atoms with Gasteiger partial charge in [-0.05, 0) is 32.4 Å². The third kappa shape index (κ3) is 6.16. The van der Waals surface area contributed by atoms with E-state index in [2.05, 4.69) is 15.9 Å². The Bertz CT molecular complexity index is 583. The topological polar surface area (TPSA) is 78.9 Å². The Morgan fingerprint density at radius 2 is 1.44 bits per heavy atom. The molecule has 1 aromatic carbocycles. The fourth-order valence-corrected chi connectivity index (χ4v) is 3.05. The minimum atomic E-state index is -1.25. The van der Waals surface area contributed by atoms with E-state index in [9.17, 15) is 14.4 Å². The maximum absolute atomic E-state index is 12.4. The second-order valence-electron chi connectivity index (χ2n) is 5.12. The summed E-state index contributed by atoms with van der Waals surface area (Å²) in [5.41, 5.74) is 0.640. The molecule has 0 aliphatic carbocycles. The number of carbonyl (C=O) groups excluding carboxylic acids is 3. The molecule has 1 aromatic rings. The summed E-state index contributed by atoms with van der Waals surface area (Å²) in [6.07, 6.45) is -0.140. The molecule has 0 saturated heterocycles. The van der Waals surface area contributed by atoms with E-state index >= 15 is 0 Å². The number of halogens is 1. The molecule has 6 nitrogen and oxygen atoms in total. The van der Waals surface area contributed by atoms with Crippen molar-refractivity contribution < 1.29 is 28.6 Å². The lowest BCUT2D eigenvalue weighted by Crippen LogP contribution is -2.35. The molecule has 1 unspecified atom stereocenters. The lowest BCUT2D eigenvalue weighted by Gasteiger charge is -2.24. The average Bonchev–Trinajstić information content (AvgIpc) is 2.55. The molecular formula is C18H23BrO6. The first-order valence-electron chi connectivity index (χ1n) is 8.19. The number of rotatable bonds is 9. The Kier molecular flexibility index (Phi) is 9.20. The van der Waals surface area contributed by atoms with Crippen LogP contribution in [0.4, 0.5) is 0 Å². The molecular weight excluding hydrogens is 392 g/mol. The van der Waals surface area contributed by atoms with E-state index in [0.717, 1.165) is 0 Å². The molecule has 0 aliphatic rings. The number of carbonyl (C=O) groups is 3. The van der Waals surface area contributed by atoms with Gasteiger partial charge in [-0.3, -0.25) is 14.4 Å². The Morgan fingerprint density at radius 1 is 0.920 bits per heavy atom. The van der Waals surface area contributed by atoms with Gasteiger partial charge in [0, 0.05) is 10.4 Å². The lowest BCUT2D eigenvalue weighted by atomic mass is 9.83. The molecule has 1 atom stereocenters. The zero-order valence-electron chi connectivity index (χ0n) is 14.6. The van der Waals surface area contributed by atoms with Crippen molar-refractivity contribution in [2.75, 3.05) is 19.8 Å². The standard InChI is InChI=1S/C18H23BrO6/c1-4-23-15(20)11-13(12-9-7-8-10-14(12)19)16(17(21)24-5-2)18(22)25-6-3/h7-10,13,16H,4-6,11H2,1-3H3. The summed E-state index contributed by atoms with van der Waals surface area (Å²) >= 11 is 3.41. The molecule has 0 fully saturated rings. The minimum absolute atomic E-state index is 0.122. The molecule has 0 amide bonds. The molecule has 0 N–H and O–H groups in total. The van der Waals surface area contributed by atoms with E-state index in [0.29, 0.717) is 10.0 Å². The third-order valence-corrected chi connectivity index (χ3v) is 4.20. The SMILES string of the molecule is CCOC(=O)CC(c1ccccc1Br)C(C(=O)OCC)C(=O)OCC. The molecule has 0 aliphatic heterocycles. The Labute approximate surface area is 156 Å². The zero-order chi connectivity index (χ0) is 18.8. The third-order valence-electron chi connectivity index (χ3n) is 3.48. The van der Waals surface area contributed by atoms with Crippen LogP contribution in [-0.4, -0.2) is 37.7 Å². The first kappa shape index (κ1) is 21.2. The van der Waals surface area contributed by atoms with Gasteiger partial charge in [-0.1, -0.05) is 34.1 Å². The van der Waals surface area contributed by atoms with Crippen LogP contribution in [0.25, 0.3) is 0 Å². The van der Waals surface area contributed by atoms with Crippen LogP contribution in [0.3, 0.4) is 0 Å². The lowest BCUT2D eigenvalue weighted by molar-refractivity contribution is -0.163. The Morgan fingerprint density at radius 3 is 1.92 bits per heavy atom. The van der Waals surface area contributed by atoms with E-state index in [-0.39, 0.29) is 26.2 Å². The second kappa shape index (κ2) is 10.9. The second-order valence-corrected chi connectivity index (χ2v) is 5.97. The summed E-state index contributed by atoms with van der Waals surface area (Å²) in [5, 5.41) is 0. The van der Waals surface area contributed by atoms with Gasteiger partial charge in [0.15, 0.2) is 5.92 Å². The number of esters is 3. The molecule has 0 bridgehead atoms. The zero-order valence-corrected chi connectivity index (χ0v) is 16.2. The van der Waals surface area contributed by atoms with Crippen LogP contribution >= 0.6 is 15.9 Å². The molecule has 7 heteroatoms. The van der Waals surface area contributed by atoms with Crippen LogP contribution in [0.15, 0.2) is 28.7 Å². The predicted octanol–water partition coefficient (Wildman–Crippen LogP) is 3.23. The maximum atomic E-state index is 12.4. The van der Waals surface area contributed by atoms with Crippen LogP contribution in [0.2, 0.25) is 0 Å². The number of hydrogen-bond acceptors (Lipinski definition) is 6. The van der Waals surface area contributed by atoms with Crippen LogP contribution in [0, 0.1) is 5.92 Å². The van der Waals surface area contributed by atoms with Crippen molar-refractivity contribution in [3.05, 3.63) is 34.3 Å². The van der Waals surface area contributed by atoms with Gasteiger partial charge < -0.3 is 14.2 Å². The van der Waals surface area contributed by atoms with Gasteiger partial charge in [0.2, 0.25) is 0 Å². The number of hydrogen-bond donors (Lipinski definition) is 0. The van der Waals surface area contributed by atoms with E-state index < -0.39 is 29.7 Å². The predicted molar refractivity (Wildman–Crippen MR) is 94.9 cm³/mol. The van der Waals surface area contributed by atoms with Crippen LogP contribution < -0.4 is 0 Å². The Balaban J connectivity index is 3.31. The molecule has 138 valence electrons. The van der Waals surface area contributed by atoms with Gasteiger partial charge in [0.05, 0.1) is 26.2 Å². The summed E-state index contributed by atoms with van der Waals surface area (Å²) in [5.74, 6) is -3.94. The van der Waals surface area contributed by atoms with Crippen LogP contribution in [-0.2, 0) is 28.6 Å². The highest BCUT2D eigenvalue weighted by Crippen LogP contribution is 2.35. The van der Waals surface area contributed by atoms with Gasteiger partial charge in [0.25, 0.3) is 0 Å². The van der Waals surface area contributed by atoms with E-state index in [1.54, 1.807) is 45.0 Å².